The van der Waals surface area contributed by atoms with Gasteiger partial charge in [0.05, 0.1) is 16.9 Å². The van der Waals surface area contributed by atoms with Crippen LogP contribution >= 0.6 is 0 Å². The lowest BCUT2D eigenvalue weighted by molar-refractivity contribution is -0.384. The molecule has 1 aromatic carbocycles. The molecule has 18 heavy (non-hydrogen) atoms. The average Bonchev–Trinajstić information content (AvgIpc) is 2.40. The lowest BCUT2D eigenvalue weighted by Gasteiger charge is -2.20. The lowest BCUT2D eigenvalue weighted by Crippen LogP contribution is -2.36. The molecule has 1 heterocycles. The van der Waals surface area contributed by atoms with Gasteiger partial charge in [0.25, 0.3) is 5.69 Å². The maximum absolute atomic E-state index is 11.8. The minimum atomic E-state index is -0.514. The molecule has 0 saturated carbocycles. The van der Waals surface area contributed by atoms with Crippen molar-refractivity contribution in [2.75, 3.05) is 13.1 Å². The number of hydrogen-bond donors (Lipinski definition) is 1. The number of esters is 1. The Morgan fingerprint density at radius 3 is 3.00 bits per heavy atom. The van der Waals surface area contributed by atoms with Crippen molar-refractivity contribution >= 4 is 11.7 Å². The lowest BCUT2D eigenvalue weighted by atomic mass is 10.0. The van der Waals surface area contributed by atoms with Crippen molar-refractivity contribution in [2.45, 2.75) is 12.8 Å². The molecule has 1 aliphatic rings. The highest BCUT2D eigenvalue weighted by atomic mass is 16.6. The van der Waals surface area contributed by atoms with Crippen molar-refractivity contribution in [3.8, 4) is 5.75 Å². The third kappa shape index (κ3) is 3.04. The predicted molar refractivity (Wildman–Crippen MR) is 64.3 cm³/mol. The zero-order valence-electron chi connectivity index (χ0n) is 9.80. The Morgan fingerprint density at radius 1 is 1.50 bits per heavy atom. The Labute approximate surface area is 104 Å². The first-order valence-electron chi connectivity index (χ1n) is 5.83. The van der Waals surface area contributed by atoms with Crippen molar-refractivity contribution in [2.24, 2.45) is 5.92 Å². The third-order valence-electron chi connectivity index (χ3n) is 2.88. The van der Waals surface area contributed by atoms with Gasteiger partial charge in [-0.2, -0.15) is 0 Å². The molecule has 2 rings (SSSR count). The van der Waals surface area contributed by atoms with E-state index in [1.54, 1.807) is 6.07 Å². The molecule has 6 nitrogen and oxygen atoms in total. The standard InChI is InChI=1S/C12H14N2O4/c15-12(9-3-2-6-13-8-9)18-11-5-1-4-10(7-11)14(16)17/h1,4-5,7,9,13H,2-3,6,8H2/t9-/m0/s1. The fraction of sp³-hybridized carbons (Fsp3) is 0.417. The molecule has 96 valence electrons. The number of carbonyl (C=O) groups is 1. The summed E-state index contributed by atoms with van der Waals surface area (Å²) in [4.78, 5) is 21.9. The normalized spacial score (nSPS) is 19.2. The van der Waals surface area contributed by atoms with Gasteiger partial charge in [-0.15, -0.1) is 0 Å². The summed E-state index contributed by atoms with van der Waals surface area (Å²) in [5.41, 5.74) is -0.0814. The zero-order valence-corrected chi connectivity index (χ0v) is 9.80. The van der Waals surface area contributed by atoms with Gasteiger partial charge >= 0.3 is 5.97 Å². The highest BCUT2D eigenvalue weighted by Crippen LogP contribution is 2.21. The van der Waals surface area contributed by atoms with E-state index in [0.29, 0.717) is 6.54 Å². The van der Waals surface area contributed by atoms with Crippen LogP contribution in [0.3, 0.4) is 0 Å². The second-order valence-corrected chi connectivity index (χ2v) is 4.22. The fourth-order valence-electron chi connectivity index (χ4n) is 1.91. The molecule has 1 aliphatic heterocycles. The number of non-ortho nitro benzene ring substituents is 1. The van der Waals surface area contributed by atoms with E-state index in [1.807, 2.05) is 0 Å². The van der Waals surface area contributed by atoms with Gasteiger partial charge in [-0.25, -0.2) is 0 Å². The molecule has 0 unspecified atom stereocenters. The van der Waals surface area contributed by atoms with Gasteiger partial charge in [-0.1, -0.05) is 6.07 Å². The molecule has 1 atom stereocenters. The highest BCUT2D eigenvalue weighted by Gasteiger charge is 2.23. The van der Waals surface area contributed by atoms with E-state index >= 15 is 0 Å². The Bertz CT molecular complexity index is 455. The number of nitro groups is 1. The molecule has 1 aromatic rings. The summed E-state index contributed by atoms with van der Waals surface area (Å²) >= 11 is 0. The smallest absolute Gasteiger partial charge is 0.315 e. The molecule has 0 radical (unpaired) electrons. The minimum Gasteiger partial charge on any atom is -0.426 e. The quantitative estimate of drug-likeness (QED) is 0.380. The van der Waals surface area contributed by atoms with Crippen LogP contribution in [0, 0.1) is 16.0 Å². The van der Waals surface area contributed by atoms with Crippen LogP contribution in [0.25, 0.3) is 0 Å². The molecule has 1 fully saturated rings. The molecule has 0 aliphatic carbocycles. The second kappa shape index (κ2) is 5.59. The Kier molecular flexibility index (Phi) is 3.88. The number of benzene rings is 1. The monoisotopic (exact) mass is 250 g/mol. The minimum absolute atomic E-state index is 0.0814. The average molecular weight is 250 g/mol. The summed E-state index contributed by atoms with van der Waals surface area (Å²) in [5, 5.41) is 13.7. The number of nitrogens with zero attached hydrogens (tertiary/aromatic N) is 1. The van der Waals surface area contributed by atoms with E-state index in [4.69, 9.17) is 4.74 Å². The van der Waals surface area contributed by atoms with Gasteiger partial charge in [0.2, 0.25) is 0 Å². The predicted octanol–water partition coefficient (Wildman–Crippen LogP) is 1.50. The van der Waals surface area contributed by atoms with Crippen LogP contribution in [0.5, 0.6) is 5.75 Å². The van der Waals surface area contributed by atoms with Crippen molar-refractivity contribution in [1.29, 1.82) is 0 Å². The second-order valence-electron chi connectivity index (χ2n) is 4.22. The number of ether oxygens (including phenoxy) is 1. The molecule has 6 heteroatoms. The largest absolute Gasteiger partial charge is 0.426 e. The van der Waals surface area contributed by atoms with E-state index in [-0.39, 0.29) is 23.3 Å². The number of nitrogens with one attached hydrogen (secondary N) is 1. The molecular weight excluding hydrogens is 236 g/mol. The molecule has 0 aromatic heterocycles. The van der Waals surface area contributed by atoms with Gasteiger partial charge in [-0.3, -0.25) is 14.9 Å². The Balaban J connectivity index is 2.02. The van der Waals surface area contributed by atoms with Crippen LogP contribution in [0.15, 0.2) is 24.3 Å². The van der Waals surface area contributed by atoms with Crippen molar-refractivity contribution in [1.82, 2.24) is 5.32 Å². The number of rotatable bonds is 3. The summed E-state index contributed by atoms with van der Waals surface area (Å²) < 4.78 is 5.16. The molecule has 1 saturated heterocycles. The maximum atomic E-state index is 11.8. The van der Waals surface area contributed by atoms with Crippen LogP contribution in [0.1, 0.15) is 12.8 Å². The first-order chi connectivity index (χ1) is 8.66. The summed E-state index contributed by atoms with van der Waals surface area (Å²) in [6.07, 6.45) is 1.73. The molecule has 0 bridgehead atoms. The Morgan fingerprint density at radius 2 is 2.33 bits per heavy atom. The summed E-state index contributed by atoms with van der Waals surface area (Å²) in [7, 11) is 0. The SMILES string of the molecule is O=C(Oc1cccc([N+](=O)[O-])c1)[C@H]1CCCNC1. The van der Waals surface area contributed by atoms with E-state index in [1.165, 1.54) is 18.2 Å². The zero-order chi connectivity index (χ0) is 13.0. The number of nitro benzene ring substituents is 1. The summed E-state index contributed by atoms with van der Waals surface area (Å²) in [5.74, 6) is -0.277. The molecule has 0 spiro atoms. The van der Waals surface area contributed by atoms with Crippen molar-refractivity contribution in [3.05, 3.63) is 34.4 Å². The Hall–Kier alpha value is -1.95. The van der Waals surface area contributed by atoms with Crippen LogP contribution < -0.4 is 10.1 Å². The number of carbonyl (C=O) groups excluding carboxylic acids is 1. The molecule has 1 N–H and O–H groups in total. The first kappa shape index (κ1) is 12.5. The first-order valence-corrected chi connectivity index (χ1v) is 5.83. The van der Waals surface area contributed by atoms with Crippen LogP contribution in [0.4, 0.5) is 5.69 Å². The van der Waals surface area contributed by atoms with Crippen LogP contribution in [-0.4, -0.2) is 24.0 Å². The van der Waals surface area contributed by atoms with Crippen LogP contribution in [-0.2, 0) is 4.79 Å². The van der Waals surface area contributed by atoms with E-state index in [2.05, 4.69) is 5.32 Å². The van der Waals surface area contributed by atoms with Gasteiger partial charge in [-0.05, 0) is 25.5 Å². The van der Waals surface area contributed by atoms with Gasteiger partial charge < -0.3 is 10.1 Å². The molecular formula is C12H14N2O4. The third-order valence-corrected chi connectivity index (χ3v) is 2.88. The fourth-order valence-corrected chi connectivity index (χ4v) is 1.91. The molecule has 0 amide bonds. The van der Waals surface area contributed by atoms with Gasteiger partial charge in [0.1, 0.15) is 5.75 Å². The summed E-state index contributed by atoms with van der Waals surface area (Å²) in [6.45, 7) is 1.52. The highest BCUT2D eigenvalue weighted by molar-refractivity contribution is 5.75. The number of piperidine rings is 1. The van der Waals surface area contributed by atoms with Gasteiger partial charge in [0.15, 0.2) is 0 Å². The summed E-state index contributed by atoms with van der Waals surface area (Å²) in [6, 6.07) is 5.66. The van der Waals surface area contributed by atoms with Crippen molar-refractivity contribution < 1.29 is 14.5 Å². The topological polar surface area (TPSA) is 81.5 Å². The van der Waals surface area contributed by atoms with E-state index in [9.17, 15) is 14.9 Å². The van der Waals surface area contributed by atoms with Gasteiger partial charge in [0, 0.05) is 12.6 Å². The van der Waals surface area contributed by atoms with E-state index < -0.39 is 4.92 Å². The van der Waals surface area contributed by atoms with Crippen molar-refractivity contribution in [3.63, 3.8) is 0 Å². The van der Waals surface area contributed by atoms with E-state index in [0.717, 1.165) is 19.4 Å². The van der Waals surface area contributed by atoms with Crippen LogP contribution in [0.2, 0.25) is 0 Å². The maximum Gasteiger partial charge on any atom is 0.315 e. The number of hydrogen-bond acceptors (Lipinski definition) is 5.